The summed E-state index contributed by atoms with van der Waals surface area (Å²) in [6.45, 7) is 6.22. The molecule has 4 rings (SSSR count). The number of hydrogen-bond acceptors (Lipinski definition) is 4. The molecule has 2 fully saturated rings. The van der Waals surface area contributed by atoms with Crippen molar-refractivity contribution in [1.29, 1.82) is 0 Å². The Morgan fingerprint density at radius 2 is 1.97 bits per heavy atom. The van der Waals surface area contributed by atoms with Crippen molar-refractivity contribution in [3.8, 4) is 0 Å². The second-order valence-electron chi connectivity index (χ2n) is 10.4. The number of hydrogen-bond donors (Lipinski definition) is 2. The number of aryl methyl sites for hydroxylation is 1. The number of imidazole rings is 1. The third-order valence-corrected chi connectivity index (χ3v) is 8.04. The summed E-state index contributed by atoms with van der Waals surface area (Å²) in [7, 11) is 1.75. The molecule has 1 aliphatic carbocycles. The van der Waals surface area contributed by atoms with Crippen LogP contribution in [0.1, 0.15) is 70.3 Å². The molecule has 1 aliphatic heterocycles. The van der Waals surface area contributed by atoms with E-state index in [1.54, 1.807) is 42.2 Å². The van der Waals surface area contributed by atoms with Gasteiger partial charge in [-0.25, -0.2) is 14.2 Å². The lowest BCUT2D eigenvalue weighted by atomic mass is 9.65. The Labute approximate surface area is 205 Å². The van der Waals surface area contributed by atoms with Crippen LogP contribution in [0.2, 0.25) is 0 Å². The molecule has 8 nitrogen and oxygen atoms in total. The molecular weight excluding hydrogens is 449 g/mol. The van der Waals surface area contributed by atoms with Crippen LogP contribution >= 0.6 is 0 Å². The van der Waals surface area contributed by atoms with E-state index >= 15 is 0 Å². The first-order chi connectivity index (χ1) is 16.6. The molecule has 1 atom stereocenters. The van der Waals surface area contributed by atoms with Gasteiger partial charge in [0.25, 0.3) is 5.91 Å². The van der Waals surface area contributed by atoms with Crippen LogP contribution in [0.3, 0.4) is 0 Å². The summed E-state index contributed by atoms with van der Waals surface area (Å²) in [6, 6.07) is 4.71. The number of carbonyl (C=O) groups is 3. The van der Waals surface area contributed by atoms with Crippen LogP contribution in [-0.2, 0) is 16.6 Å². The number of carbonyl (C=O) groups excluding carboxylic acids is 3. The second-order valence-corrected chi connectivity index (χ2v) is 10.4. The first kappa shape index (κ1) is 24.9. The Morgan fingerprint density at radius 3 is 2.57 bits per heavy atom. The SMILES string of the molecule is CCC(C)(C)C1CCC2(CC1)NC(=O)N(CC(=O)NC(c1ccccc1F)c1nccn1C)C2=O. The molecular formula is C26H34FN5O3. The zero-order chi connectivity index (χ0) is 25.4. The van der Waals surface area contributed by atoms with Crippen molar-refractivity contribution in [2.24, 2.45) is 18.4 Å². The maximum atomic E-state index is 14.6. The summed E-state index contributed by atoms with van der Waals surface area (Å²) < 4.78 is 16.3. The van der Waals surface area contributed by atoms with Crippen molar-refractivity contribution in [2.75, 3.05) is 6.54 Å². The highest BCUT2D eigenvalue weighted by molar-refractivity contribution is 6.09. The maximum Gasteiger partial charge on any atom is 0.325 e. The number of rotatable bonds is 7. The molecule has 1 unspecified atom stereocenters. The van der Waals surface area contributed by atoms with Crippen molar-refractivity contribution < 1.29 is 18.8 Å². The number of benzene rings is 1. The Balaban J connectivity index is 1.48. The van der Waals surface area contributed by atoms with Gasteiger partial charge >= 0.3 is 6.03 Å². The van der Waals surface area contributed by atoms with Crippen molar-refractivity contribution in [3.05, 3.63) is 53.9 Å². The lowest BCUT2D eigenvalue weighted by Gasteiger charge is -2.42. The van der Waals surface area contributed by atoms with Crippen LogP contribution in [0.5, 0.6) is 0 Å². The third-order valence-electron chi connectivity index (χ3n) is 8.04. The monoisotopic (exact) mass is 483 g/mol. The van der Waals surface area contributed by atoms with E-state index in [0.29, 0.717) is 24.6 Å². The summed E-state index contributed by atoms with van der Waals surface area (Å²) >= 11 is 0. The molecule has 1 spiro atoms. The molecule has 1 aromatic heterocycles. The van der Waals surface area contributed by atoms with E-state index in [1.807, 2.05) is 0 Å². The van der Waals surface area contributed by atoms with E-state index in [-0.39, 0.29) is 16.9 Å². The average molecular weight is 484 g/mol. The molecule has 4 amide bonds. The average Bonchev–Trinajstić information content (AvgIpc) is 3.35. The number of amides is 4. The van der Waals surface area contributed by atoms with E-state index < -0.39 is 35.9 Å². The van der Waals surface area contributed by atoms with Gasteiger partial charge in [-0.2, -0.15) is 0 Å². The molecule has 188 valence electrons. The predicted octanol–water partition coefficient (Wildman–Crippen LogP) is 3.68. The third kappa shape index (κ3) is 4.68. The summed E-state index contributed by atoms with van der Waals surface area (Å²) in [6.07, 6.45) is 7.14. The molecule has 1 saturated heterocycles. The second kappa shape index (κ2) is 9.43. The van der Waals surface area contributed by atoms with Gasteiger partial charge in [-0.15, -0.1) is 0 Å². The minimum atomic E-state index is -0.942. The zero-order valence-corrected chi connectivity index (χ0v) is 20.8. The highest BCUT2D eigenvalue weighted by Gasteiger charge is 2.53. The van der Waals surface area contributed by atoms with Gasteiger partial charge in [0.05, 0.1) is 0 Å². The van der Waals surface area contributed by atoms with E-state index in [9.17, 15) is 18.8 Å². The fraction of sp³-hybridized carbons (Fsp3) is 0.538. The Hall–Kier alpha value is -3.23. The summed E-state index contributed by atoms with van der Waals surface area (Å²) in [5.41, 5.74) is -0.511. The Kier molecular flexibility index (Phi) is 6.71. The fourth-order valence-electron chi connectivity index (χ4n) is 5.34. The molecule has 9 heteroatoms. The van der Waals surface area contributed by atoms with Gasteiger partial charge in [-0.3, -0.25) is 14.5 Å². The molecule has 0 bridgehead atoms. The van der Waals surface area contributed by atoms with Gasteiger partial charge in [0.2, 0.25) is 5.91 Å². The highest BCUT2D eigenvalue weighted by Crippen LogP contribution is 2.45. The van der Waals surface area contributed by atoms with Gasteiger partial charge in [-0.1, -0.05) is 45.4 Å². The zero-order valence-electron chi connectivity index (χ0n) is 20.8. The largest absolute Gasteiger partial charge is 0.340 e. The highest BCUT2D eigenvalue weighted by atomic mass is 19.1. The van der Waals surface area contributed by atoms with Crippen LogP contribution in [0, 0.1) is 17.2 Å². The van der Waals surface area contributed by atoms with Crippen molar-refractivity contribution in [1.82, 2.24) is 25.1 Å². The first-order valence-electron chi connectivity index (χ1n) is 12.2. The number of aromatic nitrogens is 2. The lowest BCUT2D eigenvalue weighted by molar-refractivity contribution is -0.136. The van der Waals surface area contributed by atoms with Crippen molar-refractivity contribution in [3.63, 3.8) is 0 Å². The molecule has 0 radical (unpaired) electrons. The molecule has 2 heterocycles. The number of nitrogens with zero attached hydrogens (tertiary/aromatic N) is 3. The Morgan fingerprint density at radius 1 is 1.29 bits per heavy atom. The molecule has 2 aliphatic rings. The Bertz CT molecular complexity index is 1120. The van der Waals surface area contributed by atoms with Crippen molar-refractivity contribution in [2.45, 2.75) is 64.5 Å². The maximum absolute atomic E-state index is 14.6. The number of imide groups is 1. The van der Waals surface area contributed by atoms with E-state index in [4.69, 9.17) is 0 Å². The van der Waals surface area contributed by atoms with E-state index in [2.05, 4.69) is 36.4 Å². The van der Waals surface area contributed by atoms with Crippen molar-refractivity contribution >= 4 is 17.8 Å². The van der Waals surface area contributed by atoms with E-state index in [1.165, 1.54) is 6.07 Å². The predicted molar refractivity (Wildman–Crippen MR) is 129 cm³/mol. The minimum Gasteiger partial charge on any atom is -0.340 e. The van der Waals surface area contributed by atoms with Crippen LogP contribution in [0.15, 0.2) is 36.7 Å². The van der Waals surface area contributed by atoms with Crippen LogP contribution in [0.4, 0.5) is 9.18 Å². The summed E-state index contributed by atoms with van der Waals surface area (Å²) in [5.74, 6) is -0.484. The smallest absolute Gasteiger partial charge is 0.325 e. The van der Waals surface area contributed by atoms with Crippen LogP contribution in [0.25, 0.3) is 0 Å². The number of halogens is 1. The van der Waals surface area contributed by atoms with Crippen LogP contribution < -0.4 is 10.6 Å². The standard InChI is InChI=1S/C26H34FN5O3/c1-5-25(2,3)17-10-12-26(13-11-17)23(34)32(24(35)30-26)16-20(33)29-21(22-28-14-15-31(22)4)18-8-6-7-9-19(18)27/h6-9,14-15,17,21H,5,10-13,16H2,1-4H3,(H,29,33)(H,30,35). The normalized spacial score (nSPS) is 23.5. The molecule has 2 aromatic rings. The van der Waals surface area contributed by atoms with Crippen LogP contribution in [-0.4, -0.2) is 44.4 Å². The summed E-state index contributed by atoms with van der Waals surface area (Å²) in [4.78, 5) is 44.4. The van der Waals surface area contributed by atoms with Gasteiger partial charge in [-0.05, 0) is 43.1 Å². The fourth-order valence-corrected chi connectivity index (χ4v) is 5.34. The molecule has 1 saturated carbocycles. The summed E-state index contributed by atoms with van der Waals surface area (Å²) in [5, 5.41) is 5.65. The molecule has 35 heavy (non-hydrogen) atoms. The lowest BCUT2D eigenvalue weighted by Crippen LogP contribution is -2.51. The number of nitrogens with one attached hydrogen (secondary N) is 2. The molecule has 1 aromatic carbocycles. The van der Waals surface area contributed by atoms with Gasteiger partial charge in [0.15, 0.2) is 0 Å². The minimum absolute atomic E-state index is 0.180. The quantitative estimate of drug-likeness (QED) is 0.587. The number of urea groups is 1. The first-order valence-corrected chi connectivity index (χ1v) is 12.2. The topological polar surface area (TPSA) is 96.3 Å². The van der Waals surface area contributed by atoms with Gasteiger partial charge < -0.3 is 15.2 Å². The van der Waals surface area contributed by atoms with E-state index in [0.717, 1.165) is 24.2 Å². The molecule has 2 N–H and O–H groups in total. The van der Waals surface area contributed by atoms with Gasteiger partial charge in [0, 0.05) is 25.0 Å². The van der Waals surface area contributed by atoms with Gasteiger partial charge in [0.1, 0.15) is 29.8 Å².